The van der Waals surface area contributed by atoms with E-state index in [1.807, 2.05) is 44.2 Å². The molecule has 0 aliphatic carbocycles. The zero-order chi connectivity index (χ0) is 18.0. The number of nitro benzene ring substituents is 1. The molecule has 128 valence electrons. The lowest BCUT2D eigenvalue weighted by Crippen LogP contribution is -1.98. The van der Waals surface area contributed by atoms with Gasteiger partial charge in [0, 0.05) is 40.2 Å². The summed E-state index contributed by atoms with van der Waals surface area (Å²) < 4.78 is 5.25. The Bertz CT molecular complexity index is 954. The molecular formula is C19H19N3O3. The summed E-state index contributed by atoms with van der Waals surface area (Å²) in [7, 11) is 1.62. The number of nitrogens with zero attached hydrogens (tertiary/aromatic N) is 2. The maximum absolute atomic E-state index is 11.3. The van der Waals surface area contributed by atoms with Crippen molar-refractivity contribution in [3.05, 3.63) is 63.8 Å². The van der Waals surface area contributed by atoms with E-state index in [1.165, 1.54) is 0 Å². The van der Waals surface area contributed by atoms with Crippen molar-refractivity contribution < 1.29 is 9.66 Å². The minimum absolute atomic E-state index is 0.129. The van der Waals surface area contributed by atoms with Gasteiger partial charge in [-0.3, -0.25) is 15.1 Å². The first-order valence-electron chi connectivity index (χ1n) is 8.01. The highest BCUT2D eigenvalue weighted by Crippen LogP contribution is 2.31. The van der Waals surface area contributed by atoms with Crippen LogP contribution in [-0.4, -0.2) is 17.0 Å². The first kappa shape index (κ1) is 16.7. The summed E-state index contributed by atoms with van der Waals surface area (Å²) in [4.78, 5) is 15.5. The van der Waals surface area contributed by atoms with Crippen molar-refractivity contribution in [2.24, 2.45) is 0 Å². The van der Waals surface area contributed by atoms with Gasteiger partial charge in [0.2, 0.25) is 0 Å². The van der Waals surface area contributed by atoms with E-state index in [0.29, 0.717) is 12.1 Å². The van der Waals surface area contributed by atoms with Crippen LogP contribution in [0.1, 0.15) is 18.2 Å². The molecule has 0 aliphatic heterocycles. The molecule has 0 aliphatic rings. The Kier molecular flexibility index (Phi) is 4.52. The van der Waals surface area contributed by atoms with Gasteiger partial charge in [-0.05, 0) is 37.6 Å². The Morgan fingerprint density at radius 1 is 1.20 bits per heavy atom. The molecule has 0 radical (unpaired) electrons. The molecule has 0 spiro atoms. The van der Waals surface area contributed by atoms with Gasteiger partial charge in [-0.1, -0.05) is 13.0 Å². The van der Waals surface area contributed by atoms with Gasteiger partial charge in [0.1, 0.15) is 5.75 Å². The van der Waals surface area contributed by atoms with Crippen molar-refractivity contribution in [3.8, 4) is 5.75 Å². The third-order valence-corrected chi connectivity index (χ3v) is 4.09. The lowest BCUT2D eigenvalue weighted by molar-refractivity contribution is -0.385. The number of hydrogen-bond acceptors (Lipinski definition) is 5. The fourth-order valence-corrected chi connectivity index (χ4v) is 2.84. The SMILES string of the molecule is CCc1ccc(Nc2cc(C)nc3cc(OC)ccc23)cc1[N+](=O)[O-]. The van der Waals surface area contributed by atoms with Gasteiger partial charge < -0.3 is 10.1 Å². The highest BCUT2D eigenvalue weighted by molar-refractivity contribution is 5.94. The van der Waals surface area contributed by atoms with E-state index in [2.05, 4.69) is 10.3 Å². The molecule has 0 saturated heterocycles. The topological polar surface area (TPSA) is 77.3 Å². The first-order valence-corrected chi connectivity index (χ1v) is 8.01. The summed E-state index contributed by atoms with van der Waals surface area (Å²) in [6.45, 7) is 3.81. The molecule has 0 atom stereocenters. The number of rotatable bonds is 5. The molecule has 0 fully saturated rings. The van der Waals surface area contributed by atoms with Crippen molar-refractivity contribution in [3.63, 3.8) is 0 Å². The number of nitro groups is 1. The summed E-state index contributed by atoms with van der Waals surface area (Å²) in [6.07, 6.45) is 0.619. The van der Waals surface area contributed by atoms with E-state index >= 15 is 0 Å². The third-order valence-electron chi connectivity index (χ3n) is 4.09. The van der Waals surface area contributed by atoms with Gasteiger partial charge in [0.25, 0.3) is 5.69 Å². The van der Waals surface area contributed by atoms with E-state index in [9.17, 15) is 10.1 Å². The smallest absolute Gasteiger partial charge is 0.274 e. The van der Waals surface area contributed by atoms with Crippen molar-refractivity contribution in [2.75, 3.05) is 12.4 Å². The van der Waals surface area contributed by atoms with Crippen LogP contribution in [0.3, 0.4) is 0 Å². The van der Waals surface area contributed by atoms with Crippen LogP contribution in [0.5, 0.6) is 5.75 Å². The number of methoxy groups -OCH3 is 1. The van der Waals surface area contributed by atoms with Crippen LogP contribution in [0, 0.1) is 17.0 Å². The van der Waals surface area contributed by atoms with Crippen molar-refractivity contribution in [1.82, 2.24) is 4.98 Å². The van der Waals surface area contributed by atoms with E-state index in [4.69, 9.17) is 4.74 Å². The summed E-state index contributed by atoms with van der Waals surface area (Å²) in [5, 5.41) is 15.5. The standard InChI is InChI=1S/C19H19N3O3/c1-4-13-5-6-14(10-19(13)22(23)24)21-17-9-12(2)20-18-11-15(25-3)7-8-16(17)18/h5-11H,4H2,1-3H3,(H,20,21). The second-order valence-corrected chi connectivity index (χ2v) is 5.77. The molecule has 0 unspecified atom stereocenters. The Morgan fingerprint density at radius 2 is 2.00 bits per heavy atom. The quantitative estimate of drug-likeness (QED) is 0.536. The fourth-order valence-electron chi connectivity index (χ4n) is 2.84. The molecule has 25 heavy (non-hydrogen) atoms. The van der Waals surface area contributed by atoms with Crippen LogP contribution in [0.4, 0.5) is 17.1 Å². The first-order chi connectivity index (χ1) is 12.0. The van der Waals surface area contributed by atoms with Gasteiger partial charge in [-0.25, -0.2) is 0 Å². The molecule has 3 aromatic rings. The van der Waals surface area contributed by atoms with Crippen LogP contribution in [0.15, 0.2) is 42.5 Å². The van der Waals surface area contributed by atoms with Gasteiger partial charge in [0.05, 0.1) is 17.5 Å². The van der Waals surface area contributed by atoms with E-state index in [1.54, 1.807) is 19.2 Å². The maximum Gasteiger partial charge on any atom is 0.274 e. The molecule has 6 nitrogen and oxygen atoms in total. The molecule has 0 amide bonds. The number of aromatic nitrogens is 1. The number of anilines is 2. The zero-order valence-electron chi connectivity index (χ0n) is 14.4. The monoisotopic (exact) mass is 337 g/mol. The summed E-state index contributed by atoms with van der Waals surface area (Å²) >= 11 is 0. The predicted molar refractivity (Wildman–Crippen MR) is 98.8 cm³/mol. The molecule has 1 N–H and O–H groups in total. The molecular weight excluding hydrogens is 318 g/mol. The van der Waals surface area contributed by atoms with Crippen LogP contribution >= 0.6 is 0 Å². The van der Waals surface area contributed by atoms with Crippen LogP contribution in [-0.2, 0) is 6.42 Å². The number of aryl methyl sites for hydroxylation is 2. The lowest BCUT2D eigenvalue weighted by atomic mass is 10.1. The Balaban J connectivity index is 2.06. The van der Waals surface area contributed by atoms with Crippen LogP contribution < -0.4 is 10.1 Å². The number of fused-ring (bicyclic) bond motifs is 1. The number of hydrogen-bond donors (Lipinski definition) is 1. The summed E-state index contributed by atoms with van der Waals surface area (Å²) in [6, 6.07) is 12.8. The van der Waals surface area contributed by atoms with Crippen LogP contribution in [0.2, 0.25) is 0 Å². The number of pyridine rings is 1. The third kappa shape index (κ3) is 3.38. The second kappa shape index (κ2) is 6.76. The Morgan fingerprint density at radius 3 is 2.68 bits per heavy atom. The van der Waals surface area contributed by atoms with Crippen molar-refractivity contribution in [1.29, 1.82) is 0 Å². The molecule has 1 aromatic heterocycles. The number of ether oxygens (including phenoxy) is 1. The summed E-state index contributed by atoms with van der Waals surface area (Å²) in [5.41, 5.74) is 4.03. The van der Waals surface area contributed by atoms with E-state index < -0.39 is 0 Å². The zero-order valence-corrected chi connectivity index (χ0v) is 14.4. The highest BCUT2D eigenvalue weighted by Gasteiger charge is 2.14. The summed E-state index contributed by atoms with van der Waals surface area (Å²) in [5.74, 6) is 0.736. The molecule has 2 aromatic carbocycles. The largest absolute Gasteiger partial charge is 0.497 e. The minimum atomic E-state index is -0.342. The highest BCUT2D eigenvalue weighted by atomic mass is 16.6. The van der Waals surface area contributed by atoms with Gasteiger partial charge >= 0.3 is 0 Å². The molecule has 6 heteroatoms. The number of nitrogens with one attached hydrogen (secondary N) is 1. The maximum atomic E-state index is 11.3. The fraction of sp³-hybridized carbons (Fsp3) is 0.211. The molecule has 3 rings (SSSR count). The second-order valence-electron chi connectivity index (χ2n) is 5.77. The van der Waals surface area contributed by atoms with E-state index in [-0.39, 0.29) is 10.6 Å². The van der Waals surface area contributed by atoms with Crippen LogP contribution in [0.25, 0.3) is 10.9 Å². The Labute approximate surface area is 145 Å². The predicted octanol–water partition coefficient (Wildman–Crippen LogP) is 4.77. The minimum Gasteiger partial charge on any atom is -0.497 e. The molecule has 0 saturated carbocycles. The van der Waals surface area contributed by atoms with Gasteiger partial charge in [-0.2, -0.15) is 0 Å². The number of benzene rings is 2. The average Bonchev–Trinajstić information content (AvgIpc) is 2.60. The van der Waals surface area contributed by atoms with Crippen molar-refractivity contribution >= 4 is 28.0 Å². The molecule has 0 bridgehead atoms. The van der Waals surface area contributed by atoms with E-state index in [0.717, 1.165) is 33.6 Å². The van der Waals surface area contributed by atoms with Crippen molar-refractivity contribution in [2.45, 2.75) is 20.3 Å². The van der Waals surface area contributed by atoms with Gasteiger partial charge in [-0.15, -0.1) is 0 Å². The lowest BCUT2D eigenvalue weighted by Gasteiger charge is -2.12. The van der Waals surface area contributed by atoms with Gasteiger partial charge in [0.15, 0.2) is 0 Å². The normalized spacial score (nSPS) is 10.7. The average molecular weight is 337 g/mol. The Hall–Kier alpha value is -3.15. The molecule has 1 heterocycles.